The van der Waals surface area contributed by atoms with Gasteiger partial charge < -0.3 is 24.8 Å². The normalized spacial score (nSPS) is 25.6. The van der Waals surface area contributed by atoms with Crippen LogP contribution < -0.4 is 24.8 Å². The minimum Gasteiger partial charge on any atom is -1.00 e. The third-order valence-corrected chi connectivity index (χ3v) is 23.4. The zero-order valence-corrected chi connectivity index (χ0v) is 34.0. The fourth-order valence-electron chi connectivity index (χ4n) is 10.6. The van der Waals surface area contributed by atoms with Crippen molar-refractivity contribution < 1.29 is 50.5 Å². The molecule has 1 saturated carbocycles. The average Bonchev–Trinajstić information content (AvgIpc) is 3.82. The van der Waals surface area contributed by atoms with E-state index in [1.165, 1.54) is 76.3 Å². The van der Waals surface area contributed by atoms with E-state index < -0.39 is 21.3 Å². The molecule has 1 heterocycles. The van der Waals surface area contributed by atoms with Gasteiger partial charge in [-0.2, -0.15) is 0 Å². The minimum absolute atomic E-state index is 0. The number of rotatable bonds is 3. The third kappa shape index (κ3) is 4.97. The second-order valence-electron chi connectivity index (χ2n) is 15.4. The Bertz CT molecular complexity index is 2000. The number of aryl methyl sites for hydroxylation is 1. The van der Waals surface area contributed by atoms with Crippen LogP contribution >= 0.6 is 0 Å². The summed E-state index contributed by atoms with van der Waals surface area (Å²) in [7, 11) is 0. The topological polar surface area (TPSA) is 13.1 Å². The van der Waals surface area contributed by atoms with Crippen molar-refractivity contribution in [1.29, 1.82) is 0 Å². The molecule has 0 bridgehead atoms. The Morgan fingerprint density at radius 1 is 0.833 bits per heavy atom. The molecular weight excluding hydrogens is 707 g/mol. The summed E-state index contributed by atoms with van der Waals surface area (Å²) < 4.78 is 9.71. The van der Waals surface area contributed by atoms with Crippen LogP contribution in [0.25, 0.3) is 27.5 Å². The van der Waals surface area contributed by atoms with Crippen LogP contribution in [0, 0.1) is 32.6 Å². The number of benzene rings is 3. The Morgan fingerprint density at radius 3 is 2.23 bits per heavy atom. The maximum Gasteiger partial charge on any atom is -1.00 e. The van der Waals surface area contributed by atoms with Crippen molar-refractivity contribution >= 4 is 19.6 Å². The summed E-state index contributed by atoms with van der Waals surface area (Å²) in [5, 5.41) is 3.01. The SMILES string of the molecule is Cc1cc2c(c(C)c1C)C(C)c1c3c(c4ccccc4c1-2)C(C)C(C)C(C)[C]3(C)[Zr+2]([C]1=C(c2ccoc2)C=CC1)=[C]1CCCCC1.[Cl-].[Cl-]. The molecule has 4 aliphatic rings. The molecule has 4 aromatic rings. The monoisotopic (exact) mass is 754 g/mol. The molecule has 0 saturated heterocycles. The molecular formula is C44H50Cl2OZr. The molecule has 5 unspecified atom stereocenters. The molecule has 48 heavy (non-hydrogen) atoms. The van der Waals surface area contributed by atoms with Crippen LogP contribution in [0.2, 0.25) is 0 Å². The van der Waals surface area contributed by atoms with Crippen molar-refractivity contribution in [3.05, 3.63) is 109 Å². The molecule has 4 aliphatic carbocycles. The van der Waals surface area contributed by atoms with E-state index in [0.717, 1.165) is 6.42 Å². The molecule has 250 valence electrons. The first-order valence-electron chi connectivity index (χ1n) is 18.0. The zero-order valence-electron chi connectivity index (χ0n) is 30.0. The summed E-state index contributed by atoms with van der Waals surface area (Å²) >= 11 is -2.59. The second-order valence-corrected chi connectivity index (χ2v) is 23.1. The van der Waals surface area contributed by atoms with E-state index >= 15 is 0 Å². The summed E-state index contributed by atoms with van der Waals surface area (Å²) in [6.45, 7) is 20.3. The predicted octanol–water partition coefficient (Wildman–Crippen LogP) is 6.23. The fourth-order valence-corrected chi connectivity index (χ4v) is 22.2. The van der Waals surface area contributed by atoms with Gasteiger partial charge in [-0.25, -0.2) is 0 Å². The van der Waals surface area contributed by atoms with Gasteiger partial charge in [-0.05, 0) is 0 Å². The summed E-state index contributed by atoms with van der Waals surface area (Å²) in [6, 6.07) is 14.3. The van der Waals surface area contributed by atoms with Gasteiger partial charge >= 0.3 is 286 Å². The first-order valence-corrected chi connectivity index (χ1v) is 21.7. The van der Waals surface area contributed by atoms with E-state index in [2.05, 4.69) is 104 Å². The molecule has 0 amide bonds. The van der Waals surface area contributed by atoms with Crippen molar-refractivity contribution in [3.63, 3.8) is 0 Å². The summed E-state index contributed by atoms with van der Waals surface area (Å²) in [6.07, 6.45) is 16.8. The van der Waals surface area contributed by atoms with E-state index in [1.54, 1.807) is 27.8 Å². The van der Waals surface area contributed by atoms with E-state index in [4.69, 9.17) is 4.42 Å². The Balaban J connectivity index is 0.00000201. The largest absolute Gasteiger partial charge is 1.00 e. The standard InChI is InChI=1S/C29H33.C9H7O.C6H10.2ClH.Zr/c1-14-13-24-25(18(5)15(14)2)21(8)28-27-20(7)17(4)16(3)19(6)26(27)22-11-9-10-12-23(22)29(24)28;1-2-4-8(3-1)9-5-6-10-7-9;1-2-4-6-5-3-1;;;/h9-13,16-17,19,21H,1-8H3;1,3,5-7H,2H2;1-5H2;2*1H;/q;;;;;+2/p-2. The van der Waals surface area contributed by atoms with E-state index in [-0.39, 0.29) is 27.9 Å². The van der Waals surface area contributed by atoms with Crippen molar-refractivity contribution in [1.82, 2.24) is 0 Å². The van der Waals surface area contributed by atoms with Crippen molar-refractivity contribution in [3.8, 4) is 11.1 Å². The number of hydrogen-bond acceptors (Lipinski definition) is 1. The molecule has 0 aliphatic heterocycles. The molecule has 8 rings (SSSR count). The van der Waals surface area contributed by atoms with Crippen LogP contribution in [0.15, 0.2) is 68.8 Å². The van der Waals surface area contributed by atoms with E-state index in [9.17, 15) is 0 Å². The van der Waals surface area contributed by atoms with Crippen molar-refractivity contribution in [2.24, 2.45) is 11.8 Å². The summed E-state index contributed by atoms with van der Waals surface area (Å²) in [5.74, 6) is 2.17. The number of halogens is 2. The van der Waals surface area contributed by atoms with Crippen LogP contribution in [0.3, 0.4) is 0 Å². The number of furan rings is 1. The first kappa shape index (κ1) is 35.8. The van der Waals surface area contributed by atoms with Gasteiger partial charge in [-0.15, -0.1) is 0 Å². The molecule has 4 heteroatoms. The Labute approximate surface area is 308 Å². The number of fused-ring (bicyclic) bond motifs is 8. The van der Waals surface area contributed by atoms with Crippen molar-refractivity contribution in [2.75, 3.05) is 0 Å². The first-order chi connectivity index (χ1) is 22.2. The van der Waals surface area contributed by atoms with Gasteiger partial charge in [-0.3, -0.25) is 0 Å². The molecule has 0 spiro atoms. The Kier molecular flexibility index (Phi) is 9.92. The van der Waals surface area contributed by atoms with Crippen molar-refractivity contribution in [2.45, 2.75) is 109 Å². The molecule has 1 aromatic heterocycles. The van der Waals surface area contributed by atoms with Gasteiger partial charge in [0.1, 0.15) is 0 Å². The van der Waals surface area contributed by atoms with Crippen LogP contribution in [0.1, 0.15) is 129 Å². The van der Waals surface area contributed by atoms with Gasteiger partial charge in [0.25, 0.3) is 0 Å². The molecule has 0 radical (unpaired) electrons. The molecule has 3 aromatic carbocycles. The van der Waals surface area contributed by atoms with Gasteiger partial charge in [-0.1, -0.05) is 0 Å². The van der Waals surface area contributed by atoms with Crippen LogP contribution in [-0.4, -0.2) is 3.21 Å². The predicted molar refractivity (Wildman–Crippen MR) is 193 cm³/mol. The van der Waals surface area contributed by atoms with Gasteiger partial charge in [0.15, 0.2) is 0 Å². The summed E-state index contributed by atoms with van der Waals surface area (Å²) in [4.78, 5) is 0. The molecule has 1 nitrogen and oxygen atoms in total. The van der Waals surface area contributed by atoms with Crippen LogP contribution in [0.4, 0.5) is 0 Å². The van der Waals surface area contributed by atoms with E-state index in [1.807, 2.05) is 19.0 Å². The second kappa shape index (κ2) is 13.3. The molecule has 1 fully saturated rings. The van der Waals surface area contributed by atoms with Gasteiger partial charge in [0.05, 0.1) is 0 Å². The summed E-state index contributed by atoms with van der Waals surface area (Å²) in [5.41, 5.74) is 17.0. The molecule has 5 atom stereocenters. The quantitative estimate of drug-likeness (QED) is 0.242. The fraction of sp³-hybridized carbons (Fsp3) is 0.432. The molecule has 0 N–H and O–H groups in total. The van der Waals surface area contributed by atoms with Crippen LogP contribution in [-0.2, 0) is 24.4 Å². The number of allylic oxidation sites excluding steroid dienone is 4. The minimum atomic E-state index is -2.59. The van der Waals surface area contributed by atoms with Gasteiger partial charge in [0, 0.05) is 0 Å². The zero-order chi connectivity index (χ0) is 32.1. The maximum atomic E-state index is 5.72. The van der Waals surface area contributed by atoms with E-state index in [0.29, 0.717) is 23.7 Å². The Morgan fingerprint density at radius 2 is 1.54 bits per heavy atom. The Hall–Kier alpha value is -1.99. The average molecular weight is 757 g/mol. The maximum absolute atomic E-state index is 5.72. The third-order valence-electron chi connectivity index (χ3n) is 13.5. The smallest absolute Gasteiger partial charge is 1.00 e. The number of hydrogen-bond donors (Lipinski definition) is 0. The van der Waals surface area contributed by atoms with Crippen LogP contribution in [0.5, 0.6) is 0 Å². The van der Waals surface area contributed by atoms with Gasteiger partial charge in [0.2, 0.25) is 0 Å².